The van der Waals surface area contributed by atoms with E-state index >= 15 is 0 Å². The predicted octanol–water partition coefficient (Wildman–Crippen LogP) is 5.08. The zero-order chi connectivity index (χ0) is 16.3. The molecule has 1 atom stereocenters. The van der Waals surface area contributed by atoms with Crippen LogP contribution >= 0.6 is 0 Å². The average molecular weight is 323 g/mol. The van der Waals surface area contributed by atoms with Crippen LogP contribution in [0.25, 0.3) is 0 Å². The lowest BCUT2D eigenvalue weighted by Crippen LogP contribution is -2.39. The summed E-state index contributed by atoms with van der Waals surface area (Å²) in [5, 5.41) is 3.49. The van der Waals surface area contributed by atoms with Crippen molar-refractivity contribution in [2.45, 2.75) is 43.9 Å². The lowest BCUT2D eigenvalue weighted by atomic mass is 9.85. The van der Waals surface area contributed by atoms with Crippen LogP contribution < -0.4 is 5.32 Å². The van der Waals surface area contributed by atoms with E-state index in [0.29, 0.717) is 12.8 Å². The van der Waals surface area contributed by atoms with Crippen LogP contribution in [0, 0.1) is 5.92 Å². The van der Waals surface area contributed by atoms with E-state index < -0.39 is 12.1 Å². The Balaban J connectivity index is 1.69. The molecule has 0 saturated heterocycles. The van der Waals surface area contributed by atoms with E-state index in [9.17, 15) is 13.2 Å². The first-order valence-corrected chi connectivity index (χ1v) is 7.95. The van der Waals surface area contributed by atoms with E-state index in [1.54, 1.807) is 6.26 Å². The molecule has 1 heterocycles. The lowest BCUT2D eigenvalue weighted by molar-refractivity contribution is -0.182. The minimum atomic E-state index is -4.06. The second-order valence-electron chi connectivity index (χ2n) is 6.12. The third-order valence-corrected chi connectivity index (χ3v) is 4.55. The van der Waals surface area contributed by atoms with E-state index in [0.717, 1.165) is 11.3 Å². The van der Waals surface area contributed by atoms with Gasteiger partial charge in [-0.15, -0.1) is 0 Å². The van der Waals surface area contributed by atoms with E-state index in [1.165, 1.54) is 0 Å². The Morgan fingerprint density at radius 3 is 2.22 bits per heavy atom. The monoisotopic (exact) mass is 323 g/mol. The highest BCUT2D eigenvalue weighted by Gasteiger charge is 2.41. The fourth-order valence-electron chi connectivity index (χ4n) is 3.27. The number of hydrogen-bond acceptors (Lipinski definition) is 2. The van der Waals surface area contributed by atoms with Crippen LogP contribution in [0.2, 0.25) is 0 Å². The summed E-state index contributed by atoms with van der Waals surface area (Å²) in [6.45, 7) is 0. The fourth-order valence-corrected chi connectivity index (χ4v) is 3.27. The van der Waals surface area contributed by atoms with Gasteiger partial charge in [-0.2, -0.15) is 13.2 Å². The normalized spacial score (nSPS) is 23.6. The van der Waals surface area contributed by atoms with Gasteiger partial charge in [0, 0.05) is 6.04 Å². The zero-order valence-electron chi connectivity index (χ0n) is 12.7. The number of benzene rings is 1. The van der Waals surface area contributed by atoms with Crippen molar-refractivity contribution in [2.24, 2.45) is 5.92 Å². The highest BCUT2D eigenvalue weighted by molar-refractivity contribution is 5.26. The van der Waals surface area contributed by atoms with Crippen LogP contribution in [0.5, 0.6) is 0 Å². The van der Waals surface area contributed by atoms with Gasteiger partial charge in [0.2, 0.25) is 0 Å². The van der Waals surface area contributed by atoms with Gasteiger partial charge in [-0.05, 0) is 43.4 Å². The quantitative estimate of drug-likeness (QED) is 0.849. The van der Waals surface area contributed by atoms with Gasteiger partial charge in [0.05, 0.1) is 18.2 Å². The second-order valence-corrected chi connectivity index (χ2v) is 6.12. The molecule has 1 N–H and O–H groups in total. The van der Waals surface area contributed by atoms with Gasteiger partial charge in [-0.25, -0.2) is 0 Å². The number of rotatable bonds is 4. The molecule has 1 saturated carbocycles. The van der Waals surface area contributed by atoms with Crippen LogP contribution in [0.1, 0.15) is 43.0 Å². The maximum Gasteiger partial charge on any atom is 0.391 e. The van der Waals surface area contributed by atoms with Crippen molar-refractivity contribution in [2.75, 3.05) is 0 Å². The van der Waals surface area contributed by atoms with E-state index in [-0.39, 0.29) is 24.9 Å². The molecule has 1 unspecified atom stereocenters. The molecule has 3 rings (SSSR count). The fraction of sp³-hybridized carbons (Fsp3) is 0.444. The van der Waals surface area contributed by atoms with Crippen molar-refractivity contribution in [1.82, 2.24) is 5.32 Å². The molecule has 0 spiro atoms. The molecule has 0 radical (unpaired) electrons. The van der Waals surface area contributed by atoms with Gasteiger partial charge >= 0.3 is 6.18 Å². The number of furan rings is 1. The molecule has 1 aromatic carbocycles. The second kappa shape index (κ2) is 6.79. The Morgan fingerprint density at radius 1 is 0.957 bits per heavy atom. The van der Waals surface area contributed by atoms with Crippen molar-refractivity contribution >= 4 is 0 Å². The predicted molar refractivity (Wildman–Crippen MR) is 81.9 cm³/mol. The highest BCUT2D eigenvalue weighted by Crippen LogP contribution is 2.38. The summed E-state index contributed by atoms with van der Waals surface area (Å²) >= 11 is 0. The topological polar surface area (TPSA) is 25.2 Å². The standard InChI is InChI=1S/C18H20F3NO/c19-18(20,21)14-8-10-15(11-9-14)22-17(16-7-4-12-23-16)13-5-2-1-3-6-13/h1-7,12,14-15,17,22H,8-11H2. The van der Waals surface area contributed by atoms with E-state index in [1.807, 2.05) is 42.5 Å². The van der Waals surface area contributed by atoms with Gasteiger partial charge in [-0.3, -0.25) is 0 Å². The summed E-state index contributed by atoms with van der Waals surface area (Å²) in [5.41, 5.74) is 1.06. The average Bonchev–Trinajstić information content (AvgIpc) is 3.07. The molecular formula is C18H20F3NO. The molecular weight excluding hydrogens is 303 g/mol. The van der Waals surface area contributed by atoms with Gasteiger partial charge in [0.15, 0.2) is 0 Å². The molecule has 2 nitrogen and oxygen atoms in total. The van der Waals surface area contributed by atoms with Gasteiger partial charge in [0.1, 0.15) is 5.76 Å². The Kier molecular flexibility index (Phi) is 4.76. The number of hydrogen-bond donors (Lipinski definition) is 1. The molecule has 2 aromatic rings. The molecule has 0 aliphatic heterocycles. The van der Waals surface area contributed by atoms with Crippen LogP contribution in [-0.4, -0.2) is 12.2 Å². The van der Waals surface area contributed by atoms with Crippen molar-refractivity contribution in [3.8, 4) is 0 Å². The van der Waals surface area contributed by atoms with Crippen LogP contribution in [0.3, 0.4) is 0 Å². The Bertz CT molecular complexity index is 586. The van der Waals surface area contributed by atoms with Crippen LogP contribution in [-0.2, 0) is 0 Å². The smallest absolute Gasteiger partial charge is 0.391 e. The third kappa shape index (κ3) is 3.96. The van der Waals surface area contributed by atoms with Crippen molar-refractivity contribution in [1.29, 1.82) is 0 Å². The molecule has 23 heavy (non-hydrogen) atoms. The SMILES string of the molecule is FC(F)(F)C1CCC(NC(c2ccccc2)c2ccco2)CC1. The highest BCUT2D eigenvalue weighted by atomic mass is 19.4. The van der Waals surface area contributed by atoms with Gasteiger partial charge in [0.25, 0.3) is 0 Å². The van der Waals surface area contributed by atoms with Crippen LogP contribution in [0.4, 0.5) is 13.2 Å². The Hall–Kier alpha value is -1.75. The van der Waals surface area contributed by atoms with Crippen molar-refractivity contribution in [3.05, 3.63) is 60.1 Å². The molecule has 1 aromatic heterocycles. The molecule has 1 aliphatic carbocycles. The van der Waals surface area contributed by atoms with Gasteiger partial charge in [-0.1, -0.05) is 30.3 Å². The molecule has 0 bridgehead atoms. The minimum Gasteiger partial charge on any atom is -0.467 e. The first-order chi connectivity index (χ1) is 11.0. The van der Waals surface area contributed by atoms with E-state index in [4.69, 9.17) is 4.42 Å². The zero-order valence-corrected chi connectivity index (χ0v) is 12.7. The van der Waals surface area contributed by atoms with Crippen molar-refractivity contribution < 1.29 is 17.6 Å². The number of nitrogens with one attached hydrogen (secondary N) is 1. The number of halogens is 3. The molecule has 124 valence electrons. The summed E-state index contributed by atoms with van der Waals surface area (Å²) in [6.07, 6.45) is -0.984. The minimum absolute atomic E-state index is 0.0731. The molecule has 1 aliphatic rings. The summed E-state index contributed by atoms with van der Waals surface area (Å²) < 4.78 is 43.9. The summed E-state index contributed by atoms with van der Waals surface area (Å²) in [4.78, 5) is 0. The molecule has 0 amide bonds. The van der Waals surface area contributed by atoms with Gasteiger partial charge < -0.3 is 9.73 Å². The maximum absolute atomic E-state index is 12.8. The van der Waals surface area contributed by atoms with Crippen molar-refractivity contribution in [3.63, 3.8) is 0 Å². The largest absolute Gasteiger partial charge is 0.467 e. The summed E-state index contributed by atoms with van der Waals surface area (Å²) in [7, 11) is 0. The maximum atomic E-state index is 12.8. The van der Waals surface area contributed by atoms with Crippen LogP contribution in [0.15, 0.2) is 53.1 Å². The lowest BCUT2D eigenvalue weighted by Gasteiger charge is -2.32. The first-order valence-electron chi connectivity index (χ1n) is 7.95. The molecule has 1 fully saturated rings. The first kappa shape index (κ1) is 16.1. The van der Waals surface area contributed by atoms with E-state index in [2.05, 4.69) is 5.32 Å². The Morgan fingerprint density at radius 2 is 1.65 bits per heavy atom. The summed E-state index contributed by atoms with van der Waals surface area (Å²) in [6, 6.07) is 13.5. The Labute approximate surface area is 133 Å². The summed E-state index contributed by atoms with van der Waals surface area (Å²) in [5.74, 6) is -0.367. The molecule has 5 heteroatoms. The third-order valence-electron chi connectivity index (χ3n) is 4.55. The number of alkyl halides is 3.